The van der Waals surface area contributed by atoms with Gasteiger partial charge in [0, 0.05) is 24.3 Å². The van der Waals surface area contributed by atoms with E-state index >= 15 is 0 Å². The number of benzene rings is 1. The van der Waals surface area contributed by atoms with E-state index in [1.165, 1.54) is 69.7 Å². The predicted octanol–water partition coefficient (Wildman–Crippen LogP) is 4.17. The van der Waals surface area contributed by atoms with Crippen molar-refractivity contribution in [3.8, 4) is 0 Å². The molecule has 3 nitrogen and oxygen atoms in total. The monoisotopic (exact) mass is 329 g/mol. The van der Waals surface area contributed by atoms with Crippen LogP contribution in [0.1, 0.15) is 57.9 Å². The molecule has 0 saturated carbocycles. The van der Waals surface area contributed by atoms with Crippen LogP contribution < -0.4 is 5.32 Å². The Bertz CT molecular complexity index is 488. The largest absolute Gasteiger partial charge is 0.381 e. The number of hydrogen-bond donors (Lipinski definition) is 1. The maximum Gasteiger partial charge on any atom is 0.0389 e. The van der Waals surface area contributed by atoms with Crippen molar-refractivity contribution in [2.75, 3.05) is 38.0 Å². The lowest BCUT2D eigenvalue weighted by molar-refractivity contribution is 0.0906. The van der Waals surface area contributed by atoms with Gasteiger partial charge in [-0.3, -0.25) is 4.90 Å². The van der Waals surface area contributed by atoms with Crippen LogP contribution in [-0.2, 0) is 0 Å². The summed E-state index contributed by atoms with van der Waals surface area (Å²) in [5, 5.41) is 3.78. The molecule has 2 fully saturated rings. The van der Waals surface area contributed by atoms with Crippen molar-refractivity contribution >= 4 is 5.69 Å². The number of hydrogen-bond acceptors (Lipinski definition) is 3. The third kappa shape index (κ3) is 4.52. The van der Waals surface area contributed by atoms with Gasteiger partial charge in [-0.2, -0.15) is 0 Å². The van der Waals surface area contributed by atoms with Crippen LogP contribution >= 0.6 is 0 Å². The van der Waals surface area contributed by atoms with Crippen molar-refractivity contribution in [2.24, 2.45) is 0 Å². The summed E-state index contributed by atoms with van der Waals surface area (Å²) < 4.78 is 0. The van der Waals surface area contributed by atoms with Crippen molar-refractivity contribution in [3.63, 3.8) is 0 Å². The van der Waals surface area contributed by atoms with E-state index in [9.17, 15) is 0 Å². The van der Waals surface area contributed by atoms with Gasteiger partial charge in [0.1, 0.15) is 0 Å². The Kier molecular flexibility index (Phi) is 6.18. The molecule has 134 valence electrons. The zero-order valence-electron chi connectivity index (χ0n) is 15.8. The molecule has 24 heavy (non-hydrogen) atoms. The van der Waals surface area contributed by atoms with Crippen molar-refractivity contribution in [2.45, 2.75) is 64.5 Å². The maximum atomic E-state index is 3.78. The third-order valence-corrected chi connectivity index (χ3v) is 5.92. The van der Waals surface area contributed by atoms with Gasteiger partial charge < -0.3 is 10.2 Å². The van der Waals surface area contributed by atoms with Gasteiger partial charge in [0.05, 0.1) is 0 Å². The standard InChI is InChI=1S/C21H35N3/c1-4-23-14-11-21(12-15-23)24-13-5-6-20(16-24)22-19-9-7-18(8-10-19)17(2)3/h7-10,17,20-22H,4-6,11-16H2,1-3H3. The Balaban J connectivity index is 1.52. The first-order valence-corrected chi connectivity index (χ1v) is 9.98. The SMILES string of the molecule is CCN1CCC(N2CCCC(Nc3ccc(C(C)C)cc3)C2)CC1. The van der Waals surface area contributed by atoms with Crippen LogP contribution in [0, 0.1) is 0 Å². The van der Waals surface area contributed by atoms with Gasteiger partial charge in [0.25, 0.3) is 0 Å². The van der Waals surface area contributed by atoms with E-state index in [-0.39, 0.29) is 0 Å². The zero-order valence-corrected chi connectivity index (χ0v) is 15.8. The van der Waals surface area contributed by atoms with Crippen LogP contribution in [0.3, 0.4) is 0 Å². The number of rotatable bonds is 5. The molecule has 0 aliphatic carbocycles. The van der Waals surface area contributed by atoms with Crippen molar-refractivity contribution < 1.29 is 0 Å². The first-order chi connectivity index (χ1) is 11.7. The van der Waals surface area contributed by atoms with Gasteiger partial charge in [-0.25, -0.2) is 0 Å². The molecule has 0 bridgehead atoms. The Morgan fingerprint density at radius 3 is 2.38 bits per heavy atom. The van der Waals surface area contributed by atoms with E-state index in [4.69, 9.17) is 0 Å². The van der Waals surface area contributed by atoms with E-state index in [0.29, 0.717) is 12.0 Å². The normalized spacial score (nSPS) is 24.4. The van der Waals surface area contributed by atoms with E-state index in [1.54, 1.807) is 0 Å². The van der Waals surface area contributed by atoms with E-state index < -0.39 is 0 Å². The number of nitrogens with one attached hydrogen (secondary N) is 1. The topological polar surface area (TPSA) is 18.5 Å². The molecular weight excluding hydrogens is 294 g/mol. The molecule has 0 amide bonds. The summed E-state index contributed by atoms with van der Waals surface area (Å²) in [4.78, 5) is 5.35. The molecule has 2 aliphatic heterocycles. The molecule has 1 N–H and O–H groups in total. The molecule has 1 aromatic carbocycles. The molecular formula is C21H35N3. The van der Waals surface area contributed by atoms with Crippen LogP contribution in [0.2, 0.25) is 0 Å². The van der Waals surface area contributed by atoms with Crippen molar-refractivity contribution in [1.29, 1.82) is 0 Å². The molecule has 1 atom stereocenters. The van der Waals surface area contributed by atoms with Crippen LogP contribution in [0.4, 0.5) is 5.69 Å². The average Bonchev–Trinajstić information content (AvgIpc) is 2.62. The van der Waals surface area contributed by atoms with E-state index in [2.05, 4.69) is 60.2 Å². The molecule has 3 heteroatoms. The molecule has 0 radical (unpaired) electrons. The molecule has 2 aliphatic rings. The third-order valence-electron chi connectivity index (χ3n) is 5.92. The minimum atomic E-state index is 0.604. The lowest BCUT2D eigenvalue weighted by Crippen LogP contribution is -2.51. The minimum absolute atomic E-state index is 0.604. The highest BCUT2D eigenvalue weighted by atomic mass is 15.2. The quantitative estimate of drug-likeness (QED) is 0.874. The first kappa shape index (κ1) is 17.8. The summed E-state index contributed by atoms with van der Waals surface area (Å²) in [6.07, 6.45) is 5.33. The second kappa shape index (κ2) is 8.35. The van der Waals surface area contributed by atoms with Crippen LogP contribution in [0.15, 0.2) is 24.3 Å². The highest BCUT2D eigenvalue weighted by Crippen LogP contribution is 2.24. The number of anilines is 1. The van der Waals surface area contributed by atoms with Gasteiger partial charge in [-0.1, -0.05) is 32.9 Å². The second-order valence-electron chi connectivity index (χ2n) is 7.92. The summed E-state index contributed by atoms with van der Waals surface area (Å²) in [5.74, 6) is 0.609. The zero-order chi connectivity index (χ0) is 16.9. The molecule has 1 unspecified atom stereocenters. The number of nitrogens with zero attached hydrogens (tertiary/aromatic N) is 2. The number of piperidine rings is 2. The summed E-state index contributed by atoms with van der Waals surface area (Å²) in [6, 6.07) is 10.5. The molecule has 0 aromatic heterocycles. The fraction of sp³-hybridized carbons (Fsp3) is 0.714. The smallest absolute Gasteiger partial charge is 0.0389 e. The Morgan fingerprint density at radius 2 is 1.75 bits per heavy atom. The average molecular weight is 330 g/mol. The van der Waals surface area contributed by atoms with Gasteiger partial charge in [0.15, 0.2) is 0 Å². The highest BCUT2D eigenvalue weighted by Gasteiger charge is 2.28. The molecule has 3 rings (SSSR count). The highest BCUT2D eigenvalue weighted by molar-refractivity contribution is 5.46. The van der Waals surface area contributed by atoms with Gasteiger partial charge in [0.2, 0.25) is 0 Å². The van der Waals surface area contributed by atoms with Crippen LogP contribution in [0.5, 0.6) is 0 Å². The summed E-state index contributed by atoms with van der Waals surface area (Å²) in [6.45, 7) is 13.1. The lowest BCUT2D eigenvalue weighted by atomic mass is 9.97. The Labute approximate surface area is 148 Å². The van der Waals surface area contributed by atoms with Gasteiger partial charge >= 0.3 is 0 Å². The maximum absolute atomic E-state index is 3.78. The molecule has 2 saturated heterocycles. The molecule has 1 aromatic rings. The van der Waals surface area contributed by atoms with E-state index in [1.807, 2.05) is 0 Å². The van der Waals surface area contributed by atoms with Gasteiger partial charge in [-0.15, -0.1) is 0 Å². The fourth-order valence-corrected chi connectivity index (χ4v) is 4.26. The van der Waals surface area contributed by atoms with E-state index in [0.717, 1.165) is 6.04 Å². The van der Waals surface area contributed by atoms with Crippen molar-refractivity contribution in [1.82, 2.24) is 9.80 Å². The summed E-state index contributed by atoms with van der Waals surface area (Å²) >= 11 is 0. The summed E-state index contributed by atoms with van der Waals surface area (Å²) in [5.41, 5.74) is 2.71. The predicted molar refractivity (Wildman–Crippen MR) is 104 cm³/mol. The fourth-order valence-electron chi connectivity index (χ4n) is 4.26. The number of likely N-dealkylation sites (tertiary alicyclic amines) is 2. The lowest BCUT2D eigenvalue weighted by Gasteiger charge is -2.42. The summed E-state index contributed by atoms with van der Waals surface area (Å²) in [7, 11) is 0. The molecule has 0 spiro atoms. The minimum Gasteiger partial charge on any atom is -0.381 e. The second-order valence-corrected chi connectivity index (χ2v) is 7.92. The van der Waals surface area contributed by atoms with Crippen LogP contribution in [0.25, 0.3) is 0 Å². The Morgan fingerprint density at radius 1 is 1.04 bits per heavy atom. The van der Waals surface area contributed by atoms with Crippen molar-refractivity contribution in [3.05, 3.63) is 29.8 Å². The van der Waals surface area contributed by atoms with Gasteiger partial charge in [-0.05, 0) is 75.5 Å². The molecule has 2 heterocycles. The first-order valence-electron chi connectivity index (χ1n) is 9.98. The Hall–Kier alpha value is -1.06. The van der Waals surface area contributed by atoms with Crippen LogP contribution in [-0.4, -0.2) is 54.6 Å².